The lowest BCUT2D eigenvalue weighted by Crippen LogP contribution is -2.14. The maximum absolute atomic E-state index is 4.99. The van der Waals surface area contributed by atoms with Crippen molar-refractivity contribution in [2.75, 3.05) is 13.1 Å². The van der Waals surface area contributed by atoms with Crippen LogP contribution in [0.1, 0.15) is 43.0 Å². The second kappa shape index (κ2) is 8.90. The first-order valence-corrected chi connectivity index (χ1v) is 13.9. The average Bonchev–Trinajstić information content (AvgIpc) is 3.78. The van der Waals surface area contributed by atoms with E-state index >= 15 is 0 Å². The zero-order chi connectivity index (χ0) is 25.9. The first-order valence-electron chi connectivity index (χ1n) is 13.9. The van der Waals surface area contributed by atoms with Gasteiger partial charge in [-0.25, -0.2) is 9.97 Å². The average molecular weight is 511 g/mol. The van der Waals surface area contributed by atoms with E-state index in [2.05, 4.69) is 100.0 Å². The number of H-pyrrole nitrogens is 2. The number of hydrogen-bond donors (Lipinski definition) is 4. The summed E-state index contributed by atoms with van der Waals surface area (Å²) >= 11 is 0. The van der Waals surface area contributed by atoms with E-state index < -0.39 is 0 Å². The molecule has 4 heterocycles. The minimum absolute atomic E-state index is 0.123. The lowest BCUT2D eigenvalue weighted by atomic mass is 9.98. The van der Waals surface area contributed by atoms with Crippen molar-refractivity contribution in [1.82, 2.24) is 30.6 Å². The summed E-state index contributed by atoms with van der Waals surface area (Å²) < 4.78 is 0. The minimum atomic E-state index is 0.123. The Bertz CT molecular complexity index is 1870. The molecule has 0 aliphatic carbocycles. The van der Waals surface area contributed by atoms with Crippen molar-refractivity contribution >= 4 is 32.8 Å². The lowest BCUT2D eigenvalue weighted by Gasteiger charge is -2.07. The predicted molar refractivity (Wildman–Crippen MR) is 159 cm³/mol. The molecule has 2 unspecified atom stereocenters. The van der Waals surface area contributed by atoms with Gasteiger partial charge in [0.1, 0.15) is 11.6 Å². The molecule has 4 N–H and O–H groups in total. The van der Waals surface area contributed by atoms with Crippen molar-refractivity contribution in [3.05, 3.63) is 96.6 Å². The molecule has 6 aromatic rings. The van der Waals surface area contributed by atoms with Gasteiger partial charge >= 0.3 is 0 Å². The third kappa shape index (κ3) is 3.87. The Balaban J connectivity index is 1.08. The van der Waals surface area contributed by atoms with Crippen molar-refractivity contribution in [3.8, 4) is 22.3 Å². The van der Waals surface area contributed by atoms with Gasteiger partial charge in [0.15, 0.2) is 0 Å². The van der Waals surface area contributed by atoms with Crippen LogP contribution in [-0.4, -0.2) is 33.0 Å². The molecular weight excluding hydrogens is 480 g/mol. The Kier molecular flexibility index (Phi) is 5.18. The lowest BCUT2D eigenvalue weighted by molar-refractivity contribution is 0.614. The molecule has 2 aromatic heterocycles. The van der Waals surface area contributed by atoms with E-state index in [0.717, 1.165) is 59.6 Å². The number of benzene rings is 4. The molecule has 0 radical (unpaired) electrons. The van der Waals surface area contributed by atoms with Gasteiger partial charge in [-0.3, -0.25) is 0 Å². The van der Waals surface area contributed by atoms with Gasteiger partial charge in [-0.2, -0.15) is 0 Å². The van der Waals surface area contributed by atoms with Crippen LogP contribution in [0.3, 0.4) is 0 Å². The van der Waals surface area contributed by atoms with Gasteiger partial charge in [-0.15, -0.1) is 0 Å². The molecule has 0 saturated carbocycles. The number of imidazole rings is 2. The summed E-state index contributed by atoms with van der Waals surface area (Å²) in [4.78, 5) is 16.9. The molecule has 0 bridgehead atoms. The van der Waals surface area contributed by atoms with Crippen molar-refractivity contribution < 1.29 is 0 Å². The van der Waals surface area contributed by atoms with Gasteiger partial charge in [0.05, 0.1) is 34.2 Å². The Morgan fingerprint density at radius 1 is 0.692 bits per heavy atom. The zero-order valence-electron chi connectivity index (χ0n) is 21.7. The second-order valence-corrected chi connectivity index (χ2v) is 10.9. The molecule has 2 aliphatic heterocycles. The van der Waals surface area contributed by atoms with Gasteiger partial charge < -0.3 is 20.6 Å². The Morgan fingerprint density at radius 3 is 2.23 bits per heavy atom. The number of aromatic amines is 2. The first kappa shape index (κ1) is 22.7. The van der Waals surface area contributed by atoms with Crippen LogP contribution in [0.15, 0.2) is 84.9 Å². The molecule has 2 saturated heterocycles. The Hall–Kier alpha value is -4.26. The van der Waals surface area contributed by atoms with Crippen LogP contribution in [0, 0.1) is 0 Å². The van der Waals surface area contributed by atoms with Gasteiger partial charge in [-0.1, -0.05) is 60.7 Å². The van der Waals surface area contributed by atoms with Crippen LogP contribution < -0.4 is 10.6 Å². The van der Waals surface area contributed by atoms with Crippen LogP contribution in [0.2, 0.25) is 0 Å². The van der Waals surface area contributed by atoms with Crippen molar-refractivity contribution in [1.29, 1.82) is 0 Å². The normalized spacial score (nSPS) is 19.6. The standard InChI is InChI=1S/C33H30N6/c1-19-14-16-35-30(19)33-36-26-12-9-23(18-29(26)38-33)21-6-4-20(5-7-21)22-8-11-25-24(17-22)10-13-27-31(25)39-32(37-27)28-3-2-15-34-28/h4-13,17-18,28,30,34-35H,1-3,14-16H2,(H,36,38)(H,37,39). The largest absolute Gasteiger partial charge is 0.341 e. The number of aromatic nitrogens is 4. The van der Waals surface area contributed by atoms with Crippen molar-refractivity contribution in [2.24, 2.45) is 0 Å². The summed E-state index contributed by atoms with van der Waals surface area (Å²) in [5.41, 5.74) is 10.2. The molecule has 0 spiro atoms. The molecule has 8 rings (SSSR count). The van der Waals surface area contributed by atoms with E-state index in [0.29, 0.717) is 6.04 Å². The summed E-state index contributed by atoms with van der Waals surface area (Å²) in [5.74, 6) is 2.01. The quantitative estimate of drug-likeness (QED) is 0.194. The monoisotopic (exact) mass is 510 g/mol. The fourth-order valence-corrected chi connectivity index (χ4v) is 6.24. The minimum Gasteiger partial charge on any atom is -0.341 e. The van der Waals surface area contributed by atoms with Crippen LogP contribution >= 0.6 is 0 Å². The molecule has 2 fully saturated rings. The Morgan fingerprint density at radius 2 is 1.46 bits per heavy atom. The van der Waals surface area contributed by atoms with Crippen LogP contribution in [0.5, 0.6) is 0 Å². The predicted octanol–water partition coefficient (Wildman–Crippen LogP) is 6.94. The highest BCUT2D eigenvalue weighted by atomic mass is 15.0. The molecule has 192 valence electrons. The maximum Gasteiger partial charge on any atom is 0.128 e. The van der Waals surface area contributed by atoms with Crippen molar-refractivity contribution in [2.45, 2.75) is 31.3 Å². The third-order valence-electron chi connectivity index (χ3n) is 8.40. The highest BCUT2D eigenvalue weighted by Gasteiger charge is 2.23. The number of rotatable bonds is 4. The SMILES string of the molecule is C=C1CCNC1c1nc2ccc(-c3ccc(-c4ccc5c(ccc6[nH]c(C7CCCN7)nc65)c4)cc3)cc2[nH]1. The van der Waals surface area contributed by atoms with Crippen molar-refractivity contribution in [3.63, 3.8) is 0 Å². The summed E-state index contributed by atoms with van der Waals surface area (Å²) in [6.45, 7) is 6.22. The number of hydrogen-bond acceptors (Lipinski definition) is 4. The summed E-state index contributed by atoms with van der Waals surface area (Å²) in [5, 5.41) is 9.43. The van der Waals surface area contributed by atoms with Gasteiger partial charge in [0.2, 0.25) is 0 Å². The molecule has 0 amide bonds. The summed E-state index contributed by atoms with van der Waals surface area (Å²) in [7, 11) is 0. The number of nitrogens with one attached hydrogen (secondary N) is 4. The van der Waals surface area contributed by atoms with Crippen LogP contribution in [0.25, 0.3) is 55.1 Å². The highest BCUT2D eigenvalue weighted by molar-refractivity contribution is 6.05. The van der Waals surface area contributed by atoms with Crippen LogP contribution in [-0.2, 0) is 0 Å². The fourth-order valence-electron chi connectivity index (χ4n) is 6.24. The van der Waals surface area contributed by atoms with Gasteiger partial charge in [0, 0.05) is 5.39 Å². The smallest absolute Gasteiger partial charge is 0.128 e. The number of fused-ring (bicyclic) bond motifs is 4. The van der Waals surface area contributed by atoms with Gasteiger partial charge in [0.25, 0.3) is 0 Å². The zero-order valence-corrected chi connectivity index (χ0v) is 21.7. The summed E-state index contributed by atoms with van der Waals surface area (Å²) in [6, 6.07) is 26.8. The van der Waals surface area contributed by atoms with E-state index in [1.54, 1.807) is 0 Å². The number of nitrogens with zero attached hydrogens (tertiary/aromatic N) is 2. The van der Waals surface area contributed by atoms with E-state index in [1.165, 1.54) is 45.0 Å². The first-order chi connectivity index (χ1) is 19.2. The third-order valence-corrected chi connectivity index (χ3v) is 8.40. The molecule has 39 heavy (non-hydrogen) atoms. The topological polar surface area (TPSA) is 81.4 Å². The fraction of sp³-hybridized carbons (Fsp3) is 0.212. The maximum atomic E-state index is 4.99. The highest BCUT2D eigenvalue weighted by Crippen LogP contribution is 2.33. The molecule has 6 nitrogen and oxygen atoms in total. The second-order valence-electron chi connectivity index (χ2n) is 10.9. The van der Waals surface area contributed by atoms with E-state index in [4.69, 9.17) is 9.97 Å². The van der Waals surface area contributed by atoms with E-state index in [9.17, 15) is 0 Å². The van der Waals surface area contributed by atoms with Gasteiger partial charge in [-0.05, 0) is 84.3 Å². The van der Waals surface area contributed by atoms with E-state index in [1.807, 2.05) is 0 Å². The van der Waals surface area contributed by atoms with Crippen LogP contribution in [0.4, 0.5) is 0 Å². The molecular formula is C33H30N6. The molecule has 4 aromatic carbocycles. The van der Waals surface area contributed by atoms with E-state index in [-0.39, 0.29) is 6.04 Å². The Labute approximate surface area is 226 Å². The molecule has 2 aliphatic rings. The molecule has 6 heteroatoms. The molecule has 2 atom stereocenters. The summed E-state index contributed by atoms with van der Waals surface area (Å²) in [6.07, 6.45) is 3.35.